The molecule has 0 bridgehead atoms. The number of benzene rings is 2. The van der Waals surface area contributed by atoms with Crippen molar-refractivity contribution in [2.45, 2.75) is 18.6 Å². The normalized spacial score (nSPS) is 10.9. The van der Waals surface area contributed by atoms with Crippen molar-refractivity contribution in [3.63, 3.8) is 0 Å². The SMILES string of the molecule is Cc1ccc2nc(SCC(=O)N(C)Cc3ccc(N(C)C)cc3)[nH]c2c1. The molecule has 1 N–H and O–H groups in total. The van der Waals surface area contributed by atoms with E-state index in [1.807, 2.05) is 33.3 Å². The van der Waals surface area contributed by atoms with Gasteiger partial charge in [0.2, 0.25) is 5.91 Å². The van der Waals surface area contributed by atoms with Crippen molar-refractivity contribution in [2.75, 3.05) is 31.8 Å². The lowest BCUT2D eigenvalue weighted by atomic mass is 10.2. The number of nitrogens with zero attached hydrogens (tertiary/aromatic N) is 3. The van der Waals surface area contributed by atoms with Crippen LogP contribution in [-0.4, -0.2) is 47.7 Å². The second kappa shape index (κ2) is 7.83. The maximum Gasteiger partial charge on any atom is 0.233 e. The summed E-state index contributed by atoms with van der Waals surface area (Å²) in [6.45, 7) is 2.66. The largest absolute Gasteiger partial charge is 0.378 e. The number of aromatic amines is 1. The number of H-pyrrole nitrogens is 1. The molecule has 0 spiro atoms. The van der Waals surface area contributed by atoms with E-state index in [4.69, 9.17) is 0 Å². The van der Waals surface area contributed by atoms with Gasteiger partial charge in [-0.1, -0.05) is 30.0 Å². The molecule has 1 amide bonds. The summed E-state index contributed by atoms with van der Waals surface area (Å²) in [5.41, 5.74) is 5.40. The fourth-order valence-electron chi connectivity index (χ4n) is 2.67. The maximum absolute atomic E-state index is 12.4. The molecule has 3 aromatic rings. The molecule has 0 fully saturated rings. The lowest BCUT2D eigenvalue weighted by Crippen LogP contribution is -2.27. The summed E-state index contributed by atoms with van der Waals surface area (Å²) in [6, 6.07) is 14.4. The highest BCUT2D eigenvalue weighted by Crippen LogP contribution is 2.21. The van der Waals surface area contributed by atoms with Gasteiger partial charge in [-0.3, -0.25) is 4.79 Å². The average molecular weight is 369 g/mol. The number of carbonyl (C=O) groups is 1. The van der Waals surface area contributed by atoms with E-state index in [-0.39, 0.29) is 5.91 Å². The van der Waals surface area contributed by atoms with E-state index < -0.39 is 0 Å². The van der Waals surface area contributed by atoms with Crippen LogP contribution in [0.15, 0.2) is 47.6 Å². The van der Waals surface area contributed by atoms with Crippen LogP contribution in [0.4, 0.5) is 5.69 Å². The second-order valence-corrected chi connectivity index (χ2v) is 7.63. The number of aryl methyl sites for hydroxylation is 1. The van der Waals surface area contributed by atoms with E-state index in [1.54, 1.807) is 4.90 Å². The van der Waals surface area contributed by atoms with E-state index in [9.17, 15) is 4.79 Å². The average Bonchev–Trinajstić information content (AvgIpc) is 3.02. The summed E-state index contributed by atoms with van der Waals surface area (Å²) in [7, 11) is 5.87. The lowest BCUT2D eigenvalue weighted by molar-refractivity contribution is -0.127. The smallest absolute Gasteiger partial charge is 0.233 e. The predicted octanol–water partition coefficient (Wildman–Crippen LogP) is 3.69. The Morgan fingerprint density at radius 1 is 1.12 bits per heavy atom. The minimum absolute atomic E-state index is 0.0864. The summed E-state index contributed by atoms with van der Waals surface area (Å²) >= 11 is 1.44. The number of aromatic nitrogens is 2. The number of anilines is 1. The van der Waals surface area contributed by atoms with Crippen molar-refractivity contribution < 1.29 is 4.79 Å². The number of fused-ring (bicyclic) bond motifs is 1. The number of rotatable bonds is 6. The highest BCUT2D eigenvalue weighted by Gasteiger charge is 2.12. The Labute approximate surface area is 158 Å². The number of imidazole rings is 1. The van der Waals surface area contributed by atoms with Gasteiger partial charge in [0.1, 0.15) is 0 Å². The van der Waals surface area contributed by atoms with Gasteiger partial charge >= 0.3 is 0 Å². The first-order valence-electron chi connectivity index (χ1n) is 8.52. The zero-order valence-corrected chi connectivity index (χ0v) is 16.4. The van der Waals surface area contributed by atoms with E-state index >= 15 is 0 Å². The minimum atomic E-state index is 0.0864. The van der Waals surface area contributed by atoms with Crippen molar-refractivity contribution in [3.05, 3.63) is 53.6 Å². The molecule has 0 aliphatic rings. The molecule has 0 aliphatic carbocycles. The van der Waals surface area contributed by atoms with Gasteiger partial charge in [-0.05, 0) is 42.3 Å². The fourth-order valence-corrected chi connectivity index (χ4v) is 3.50. The van der Waals surface area contributed by atoms with E-state index in [0.717, 1.165) is 27.4 Å². The number of hydrogen-bond donors (Lipinski definition) is 1. The van der Waals surface area contributed by atoms with Crippen molar-refractivity contribution in [1.29, 1.82) is 0 Å². The Morgan fingerprint density at radius 2 is 1.85 bits per heavy atom. The van der Waals surface area contributed by atoms with E-state index in [2.05, 4.69) is 52.1 Å². The molecule has 6 heteroatoms. The third-order valence-electron chi connectivity index (χ3n) is 4.25. The van der Waals surface area contributed by atoms with Crippen LogP contribution in [0, 0.1) is 6.92 Å². The van der Waals surface area contributed by atoms with Crippen LogP contribution in [0.3, 0.4) is 0 Å². The zero-order chi connectivity index (χ0) is 18.7. The molecule has 1 heterocycles. The molecule has 1 aromatic heterocycles. The molecule has 3 rings (SSSR count). The molecular weight excluding hydrogens is 344 g/mol. The Bertz CT molecular complexity index is 902. The molecule has 0 saturated heterocycles. The van der Waals surface area contributed by atoms with Gasteiger partial charge in [-0.2, -0.15) is 0 Å². The highest BCUT2D eigenvalue weighted by atomic mass is 32.2. The van der Waals surface area contributed by atoms with Crippen LogP contribution in [0.2, 0.25) is 0 Å². The van der Waals surface area contributed by atoms with Crippen molar-refractivity contribution in [3.8, 4) is 0 Å². The third kappa shape index (κ3) is 4.38. The van der Waals surface area contributed by atoms with Gasteiger partial charge in [0.15, 0.2) is 5.16 Å². The van der Waals surface area contributed by atoms with Crippen molar-refractivity contribution in [2.24, 2.45) is 0 Å². The molecular formula is C20H24N4OS. The minimum Gasteiger partial charge on any atom is -0.378 e. The number of amides is 1. The first-order valence-corrected chi connectivity index (χ1v) is 9.50. The molecule has 2 aromatic carbocycles. The Morgan fingerprint density at radius 3 is 2.54 bits per heavy atom. The molecule has 0 radical (unpaired) electrons. The summed E-state index contributed by atoms with van der Waals surface area (Å²) in [6.07, 6.45) is 0. The molecule has 0 saturated carbocycles. The Balaban J connectivity index is 1.56. The highest BCUT2D eigenvalue weighted by molar-refractivity contribution is 7.99. The van der Waals surface area contributed by atoms with Crippen LogP contribution in [0.25, 0.3) is 11.0 Å². The summed E-state index contributed by atoms with van der Waals surface area (Å²) in [4.78, 5) is 24.0. The van der Waals surface area contributed by atoms with Crippen molar-refractivity contribution >= 4 is 34.4 Å². The summed E-state index contributed by atoms with van der Waals surface area (Å²) in [5.74, 6) is 0.453. The quantitative estimate of drug-likeness (QED) is 0.674. The zero-order valence-electron chi connectivity index (χ0n) is 15.6. The fraction of sp³-hybridized carbons (Fsp3) is 0.300. The van der Waals surface area contributed by atoms with Gasteiger partial charge in [0, 0.05) is 33.4 Å². The molecule has 26 heavy (non-hydrogen) atoms. The molecule has 0 atom stereocenters. The molecule has 0 aliphatic heterocycles. The predicted molar refractivity (Wildman–Crippen MR) is 109 cm³/mol. The Hall–Kier alpha value is -2.47. The first-order chi connectivity index (χ1) is 12.4. The maximum atomic E-state index is 12.4. The number of hydrogen-bond acceptors (Lipinski definition) is 4. The van der Waals surface area contributed by atoms with Crippen LogP contribution < -0.4 is 4.90 Å². The number of nitrogens with one attached hydrogen (secondary N) is 1. The first kappa shape index (κ1) is 18.3. The van der Waals surface area contributed by atoms with Crippen LogP contribution in [-0.2, 0) is 11.3 Å². The standard InChI is InChI=1S/C20H24N4OS/c1-14-5-10-17-18(11-14)22-20(21-17)26-13-19(25)24(4)12-15-6-8-16(9-7-15)23(2)3/h5-11H,12-13H2,1-4H3,(H,21,22). The van der Waals surface area contributed by atoms with Crippen molar-refractivity contribution in [1.82, 2.24) is 14.9 Å². The van der Waals surface area contributed by atoms with Crippen LogP contribution >= 0.6 is 11.8 Å². The van der Waals surface area contributed by atoms with E-state index in [1.165, 1.54) is 17.3 Å². The molecule has 136 valence electrons. The number of thioether (sulfide) groups is 1. The summed E-state index contributed by atoms with van der Waals surface area (Å²) < 4.78 is 0. The Kier molecular flexibility index (Phi) is 5.52. The monoisotopic (exact) mass is 368 g/mol. The lowest BCUT2D eigenvalue weighted by Gasteiger charge is -2.18. The molecule has 0 unspecified atom stereocenters. The van der Waals surface area contributed by atoms with Gasteiger partial charge in [-0.25, -0.2) is 4.98 Å². The third-order valence-corrected chi connectivity index (χ3v) is 5.10. The second-order valence-electron chi connectivity index (χ2n) is 6.66. The van der Waals surface area contributed by atoms with Crippen LogP contribution in [0.1, 0.15) is 11.1 Å². The van der Waals surface area contributed by atoms with Gasteiger partial charge in [-0.15, -0.1) is 0 Å². The van der Waals surface area contributed by atoms with Crippen LogP contribution in [0.5, 0.6) is 0 Å². The summed E-state index contributed by atoms with van der Waals surface area (Å²) in [5, 5.41) is 0.780. The van der Waals surface area contributed by atoms with Gasteiger partial charge < -0.3 is 14.8 Å². The molecule has 5 nitrogen and oxygen atoms in total. The van der Waals surface area contributed by atoms with Gasteiger partial charge in [0.05, 0.1) is 16.8 Å². The number of carbonyl (C=O) groups excluding carboxylic acids is 1. The van der Waals surface area contributed by atoms with Gasteiger partial charge in [0.25, 0.3) is 0 Å². The topological polar surface area (TPSA) is 52.2 Å². The van der Waals surface area contributed by atoms with E-state index in [0.29, 0.717) is 12.3 Å².